The molecule has 128 valence electrons. The third-order valence-electron chi connectivity index (χ3n) is 4.71. The molecule has 4 heterocycles. The Morgan fingerprint density at radius 2 is 2.12 bits per heavy atom. The number of imidazole rings is 1. The first-order valence-electron chi connectivity index (χ1n) is 7.99. The molecule has 0 saturated heterocycles. The summed E-state index contributed by atoms with van der Waals surface area (Å²) >= 11 is 0. The SMILES string of the molecule is Cn1ccnc1Cn1c(=O)c2c(c3cccnc31)CCN(C(=O)O)C2. The van der Waals surface area contributed by atoms with Gasteiger partial charge in [0, 0.05) is 43.1 Å². The smallest absolute Gasteiger partial charge is 0.407 e. The molecule has 1 aliphatic rings. The predicted octanol–water partition coefficient (Wildman–Crippen LogP) is 1.21. The second-order valence-electron chi connectivity index (χ2n) is 6.13. The minimum absolute atomic E-state index is 0.106. The standard InChI is InChI=1S/C17H17N5O3/c1-20-8-6-18-14(20)10-22-15-12(3-2-5-19-15)11-4-7-21(17(24)25)9-13(11)16(22)23/h2-3,5-6,8H,4,7,9-10H2,1H3,(H,24,25). The monoisotopic (exact) mass is 339 g/mol. The molecule has 8 heteroatoms. The Kier molecular flexibility index (Phi) is 3.52. The summed E-state index contributed by atoms with van der Waals surface area (Å²) in [6, 6.07) is 3.77. The van der Waals surface area contributed by atoms with Crippen LogP contribution in [0.3, 0.4) is 0 Å². The number of rotatable bonds is 2. The minimum Gasteiger partial charge on any atom is -0.465 e. The normalized spacial score (nSPS) is 13.9. The van der Waals surface area contributed by atoms with E-state index in [1.165, 1.54) is 4.90 Å². The van der Waals surface area contributed by atoms with Crippen molar-refractivity contribution in [2.24, 2.45) is 7.05 Å². The van der Waals surface area contributed by atoms with Gasteiger partial charge >= 0.3 is 6.09 Å². The number of nitrogens with zero attached hydrogens (tertiary/aromatic N) is 5. The Bertz CT molecular complexity index is 1040. The molecule has 1 N–H and O–H groups in total. The lowest BCUT2D eigenvalue weighted by molar-refractivity contribution is 0.139. The number of pyridine rings is 2. The van der Waals surface area contributed by atoms with Gasteiger partial charge in [-0.05, 0) is 24.1 Å². The fourth-order valence-electron chi connectivity index (χ4n) is 3.36. The zero-order valence-electron chi connectivity index (χ0n) is 13.7. The maximum atomic E-state index is 13.1. The quantitative estimate of drug-likeness (QED) is 0.757. The minimum atomic E-state index is -1.01. The molecule has 0 unspecified atom stereocenters. The van der Waals surface area contributed by atoms with Gasteiger partial charge in [0.05, 0.1) is 13.1 Å². The molecule has 0 bridgehead atoms. The first kappa shape index (κ1) is 15.4. The molecule has 3 aromatic heterocycles. The number of aryl methyl sites for hydroxylation is 1. The molecular weight excluding hydrogens is 322 g/mol. The lowest BCUT2D eigenvalue weighted by atomic mass is 9.98. The van der Waals surface area contributed by atoms with E-state index >= 15 is 0 Å². The summed E-state index contributed by atoms with van der Waals surface area (Å²) in [7, 11) is 1.87. The van der Waals surface area contributed by atoms with Gasteiger partial charge in [-0.25, -0.2) is 14.8 Å². The van der Waals surface area contributed by atoms with Gasteiger partial charge in [-0.15, -0.1) is 0 Å². The van der Waals surface area contributed by atoms with Gasteiger partial charge in [-0.3, -0.25) is 9.36 Å². The molecule has 25 heavy (non-hydrogen) atoms. The van der Waals surface area contributed by atoms with Crippen LogP contribution in [0.5, 0.6) is 0 Å². The highest BCUT2D eigenvalue weighted by Crippen LogP contribution is 2.24. The lowest BCUT2D eigenvalue weighted by Gasteiger charge is -2.27. The van der Waals surface area contributed by atoms with Crippen LogP contribution in [-0.4, -0.2) is 41.7 Å². The number of hydrogen-bond donors (Lipinski definition) is 1. The van der Waals surface area contributed by atoms with E-state index in [0.29, 0.717) is 24.2 Å². The Hall–Kier alpha value is -3.16. The highest BCUT2D eigenvalue weighted by atomic mass is 16.4. The summed E-state index contributed by atoms with van der Waals surface area (Å²) in [5.74, 6) is 0.736. The second kappa shape index (κ2) is 5.73. The lowest BCUT2D eigenvalue weighted by Crippen LogP contribution is -2.40. The molecule has 0 radical (unpaired) electrons. The molecule has 0 atom stereocenters. The van der Waals surface area contributed by atoms with Gasteiger partial charge in [0.15, 0.2) is 0 Å². The van der Waals surface area contributed by atoms with E-state index in [2.05, 4.69) is 9.97 Å². The fourth-order valence-corrected chi connectivity index (χ4v) is 3.36. The second-order valence-corrected chi connectivity index (χ2v) is 6.13. The fraction of sp³-hybridized carbons (Fsp3) is 0.294. The number of aromatic nitrogens is 4. The van der Waals surface area contributed by atoms with Crippen LogP contribution >= 0.6 is 0 Å². The van der Waals surface area contributed by atoms with Gasteiger partial charge in [0.1, 0.15) is 11.5 Å². The van der Waals surface area contributed by atoms with Crippen LogP contribution in [0, 0.1) is 0 Å². The largest absolute Gasteiger partial charge is 0.465 e. The van der Waals surface area contributed by atoms with Crippen molar-refractivity contribution < 1.29 is 9.90 Å². The van der Waals surface area contributed by atoms with E-state index in [-0.39, 0.29) is 18.6 Å². The maximum Gasteiger partial charge on any atom is 0.407 e. The number of amides is 1. The molecule has 0 aromatic carbocycles. The molecule has 1 aliphatic heterocycles. The summed E-state index contributed by atoms with van der Waals surface area (Å²) < 4.78 is 3.44. The van der Waals surface area contributed by atoms with Crippen LogP contribution in [0.25, 0.3) is 11.0 Å². The third-order valence-corrected chi connectivity index (χ3v) is 4.71. The van der Waals surface area contributed by atoms with E-state index in [4.69, 9.17) is 0 Å². The van der Waals surface area contributed by atoms with Gasteiger partial charge in [0.2, 0.25) is 0 Å². The van der Waals surface area contributed by atoms with Gasteiger partial charge in [0.25, 0.3) is 5.56 Å². The van der Waals surface area contributed by atoms with Crippen LogP contribution in [0.4, 0.5) is 4.79 Å². The topological polar surface area (TPSA) is 93.3 Å². The Labute approximate surface area is 143 Å². The van der Waals surface area contributed by atoms with E-state index in [1.54, 1.807) is 17.0 Å². The molecular formula is C17H17N5O3. The number of carbonyl (C=O) groups is 1. The van der Waals surface area contributed by atoms with Crippen LogP contribution < -0.4 is 5.56 Å². The summed E-state index contributed by atoms with van der Waals surface area (Å²) in [5.41, 5.74) is 1.85. The van der Waals surface area contributed by atoms with Crippen molar-refractivity contribution in [2.45, 2.75) is 19.5 Å². The van der Waals surface area contributed by atoms with Crippen molar-refractivity contribution in [1.29, 1.82) is 0 Å². The Morgan fingerprint density at radius 1 is 1.28 bits per heavy atom. The zero-order chi connectivity index (χ0) is 17.6. The number of hydrogen-bond acceptors (Lipinski definition) is 4. The van der Waals surface area contributed by atoms with E-state index in [9.17, 15) is 14.7 Å². The molecule has 0 aliphatic carbocycles. The first-order valence-corrected chi connectivity index (χ1v) is 7.99. The molecule has 0 saturated carbocycles. The summed E-state index contributed by atoms with van der Waals surface area (Å²) in [6.45, 7) is 0.778. The molecule has 8 nitrogen and oxygen atoms in total. The van der Waals surface area contributed by atoms with Crippen molar-refractivity contribution in [3.8, 4) is 0 Å². The van der Waals surface area contributed by atoms with Crippen molar-refractivity contribution in [2.75, 3.05) is 6.54 Å². The van der Waals surface area contributed by atoms with Gasteiger partial charge < -0.3 is 14.6 Å². The highest BCUT2D eigenvalue weighted by molar-refractivity contribution is 5.81. The van der Waals surface area contributed by atoms with Crippen LogP contribution in [0.15, 0.2) is 35.5 Å². The summed E-state index contributed by atoms with van der Waals surface area (Å²) in [4.78, 5) is 34.4. The van der Waals surface area contributed by atoms with Crippen molar-refractivity contribution in [1.82, 2.24) is 24.0 Å². The maximum absolute atomic E-state index is 13.1. The van der Waals surface area contributed by atoms with E-state index in [0.717, 1.165) is 16.8 Å². The Balaban J connectivity index is 1.94. The van der Waals surface area contributed by atoms with Crippen molar-refractivity contribution >= 4 is 17.1 Å². The summed E-state index contributed by atoms with van der Waals surface area (Å²) in [5, 5.41) is 10.2. The van der Waals surface area contributed by atoms with E-state index < -0.39 is 6.09 Å². The van der Waals surface area contributed by atoms with Crippen LogP contribution in [0.2, 0.25) is 0 Å². The third kappa shape index (κ3) is 2.46. The molecule has 3 aromatic rings. The van der Waals surface area contributed by atoms with Crippen LogP contribution in [0.1, 0.15) is 17.0 Å². The van der Waals surface area contributed by atoms with Crippen LogP contribution in [-0.2, 0) is 26.6 Å². The highest BCUT2D eigenvalue weighted by Gasteiger charge is 2.26. The number of fused-ring (bicyclic) bond motifs is 3. The van der Waals surface area contributed by atoms with Crippen molar-refractivity contribution in [3.63, 3.8) is 0 Å². The predicted molar refractivity (Wildman–Crippen MR) is 90.5 cm³/mol. The Morgan fingerprint density at radius 3 is 2.84 bits per heavy atom. The van der Waals surface area contributed by atoms with Gasteiger partial charge in [-0.2, -0.15) is 0 Å². The molecule has 0 fully saturated rings. The van der Waals surface area contributed by atoms with Crippen molar-refractivity contribution in [3.05, 3.63) is 58.0 Å². The van der Waals surface area contributed by atoms with Gasteiger partial charge in [-0.1, -0.05) is 0 Å². The average Bonchev–Trinajstić information content (AvgIpc) is 3.03. The summed E-state index contributed by atoms with van der Waals surface area (Å²) in [6.07, 6.45) is 4.67. The molecule has 0 spiro atoms. The molecule has 1 amide bonds. The first-order chi connectivity index (χ1) is 12.1. The molecule has 4 rings (SSSR count). The zero-order valence-corrected chi connectivity index (χ0v) is 13.7. The number of carboxylic acid groups (broad SMARTS) is 1. The average molecular weight is 339 g/mol. The van der Waals surface area contributed by atoms with E-state index in [1.807, 2.05) is 29.9 Å².